The third-order valence-electron chi connectivity index (χ3n) is 3.75. The summed E-state index contributed by atoms with van der Waals surface area (Å²) in [6, 6.07) is 18.5. The minimum Gasteiger partial charge on any atom is -0.489 e. The minimum atomic E-state index is 0. The first-order chi connectivity index (χ1) is 11.4. The van der Waals surface area contributed by atoms with Crippen molar-refractivity contribution in [2.24, 2.45) is 4.99 Å². The van der Waals surface area contributed by atoms with E-state index in [4.69, 9.17) is 4.74 Å². The fourth-order valence-corrected chi connectivity index (χ4v) is 2.51. The zero-order valence-corrected chi connectivity index (χ0v) is 16.0. The van der Waals surface area contributed by atoms with Crippen LogP contribution < -0.4 is 15.4 Å². The molecule has 0 bridgehead atoms. The number of halogens is 1. The molecule has 0 fully saturated rings. The number of hydrogen-bond donors (Lipinski definition) is 2. The van der Waals surface area contributed by atoms with Crippen LogP contribution >= 0.6 is 24.0 Å². The molecule has 0 atom stereocenters. The van der Waals surface area contributed by atoms with E-state index in [1.54, 1.807) is 0 Å². The van der Waals surface area contributed by atoms with Crippen LogP contribution in [-0.4, -0.2) is 25.6 Å². The topological polar surface area (TPSA) is 45.6 Å². The lowest BCUT2D eigenvalue weighted by atomic mass is 10.1. The van der Waals surface area contributed by atoms with Crippen molar-refractivity contribution < 1.29 is 4.74 Å². The second-order valence-electron chi connectivity index (χ2n) is 5.61. The van der Waals surface area contributed by atoms with Crippen LogP contribution in [-0.2, 0) is 13.0 Å². The summed E-state index contributed by atoms with van der Waals surface area (Å²) in [6.45, 7) is 3.39. The highest BCUT2D eigenvalue weighted by Crippen LogP contribution is 2.15. The average Bonchev–Trinajstić information content (AvgIpc) is 2.62. The minimum absolute atomic E-state index is 0. The molecule has 2 aromatic carbocycles. The Kier molecular flexibility index (Phi) is 7.88. The second kappa shape index (κ2) is 10.2. The van der Waals surface area contributed by atoms with Gasteiger partial charge in [0.1, 0.15) is 12.4 Å². The van der Waals surface area contributed by atoms with Crippen LogP contribution in [0.1, 0.15) is 17.5 Å². The van der Waals surface area contributed by atoms with Crippen LogP contribution in [0, 0.1) is 0 Å². The van der Waals surface area contributed by atoms with Gasteiger partial charge in [0.05, 0.1) is 0 Å². The van der Waals surface area contributed by atoms with E-state index >= 15 is 0 Å². The normalized spacial score (nSPS) is 13.2. The number of aliphatic imine (C=N–C) groups is 1. The van der Waals surface area contributed by atoms with Crippen molar-refractivity contribution in [3.05, 3.63) is 65.7 Å². The molecule has 0 spiro atoms. The van der Waals surface area contributed by atoms with E-state index in [2.05, 4.69) is 39.9 Å². The summed E-state index contributed by atoms with van der Waals surface area (Å²) in [5, 5.41) is 6.61. The first-order valence-corrected chi connectivity index (χ1v) is 8.18. The molecule has 2 aromatic rings. The largest absolute Gasteiger partial charge is 0.489 e. The quantitative estimate of drug-likeness (QED) is 0.682. The van der Waals surface area contributed by atoms with Crippen molar-refractivity contribution in [2.45, 2.75) is 19.4 Å². The third kappa shape index (κ3) is 6.03. The second-order valence-corrected chi connectivity index (χ2v) is 5.61. The monoisotopic (exact) mass is 437 g/mol. The first-order valence-electron chi connectivity index (χ1n) is 8.18. The van der Waals surface area contributed by atoms with Crippen LogP contribution in [0.4, 0.5) is 0 Å². The molecule has 0 radical (unpaired) electrons. The Hall–Kier alpha value is -1.76. The van der Waals surface area contributed by atoms with Gasteiger partial charge in [-0.2, -0.15) is 0 Å². The van der Waals surface area contributed by atoms with E-state index in [1.165, 1.54) is 11.1 Å². The Morgan fingerprint density at radius 3 is 2.67 bits per heavy atom. The SMILES string of the molecule is I.c1ccc(COc2cccc(CCNC3=NCCCN3)c2)cc1. The van der Waals surface area contributed by atoms with Crippen LogP contribution in [0.2, 0.25) is 0 Å². The third-order valence-corrected chi connectivity index (χ3v) is 3.75. The molecule has 4 nitrogen and oxygen atoms in total. The van der Waals surface area contributed by atoms with Crippen molar-refractivity contribution in [1.29, 1.82) is 0 Å². The lowest BCUT2D eigenvalue weighted by Crippen LogP contribution is -2.41. The number of guanidine groups is 1. The molecule has 0 saturated carbocycles. The predicted octanol–water partition coefficient (Wildman–Crippen LogP) is 3.37. The maximum absolute atomic E-state index is 5.87. The van der Waals surface area contributed by atoms with Gasteiger partial charge in [-0.1, -0.05) is 42.5 Å². The first kappa shape index (κ1) is 18.6. The van der Waals surface area contributed by atoms with Gasteiger partial charge in [-0.25, -0.2) is 0 Å². The maximum Gasteiger partial charge on any atom is 0.191 e. The number of ether oxygens (including phenoxy) is 1. The zero-order valence-electron chi connectivity index (χ0n) is 13.7. The summed E-state index contributed by atoms with van der Waals surface area (Å²) >= 11 is 0. The molecule has 0 amide bonds. The predicted molar refractivity (Wildman–Crippen MR) is 109 cm³/mol. The van der Waals surface area contributed by atoms with Crippen molar-refractivity contribution in [2.75, 3.05) is 19.6 Å². The van der Waals surface area contributed by atoms with Crippen molar-refractivity contribution in [1.82, 2.24) is 10.6 Å². The van der Waals surface area contributed by atoms with Gasteiger partial charge in [0, 0.05) is 19.6 Å². The summed E-state index contributed by atoms with van der Waals surface area (Å²) in [5.41, 5.74) is 2.44. The standard InChI is InChI=1S/C19H23N3O.HI/c1-2-6-17(7-3-1)15-23-18-9-4-8-16(14-18)10-13-22-19-20-11-5-12-21-19;/h1-4,6-9,14H,5,10-13,15H2,(H2,20,21,22);1H. The van der Waals surface area contributed by atoms with Crippen molar-refractivity contribution in [3.8, 4) is 5.75 Å². The molecule has 0 saturated heterocycles. The van der Waals surface area contributed by atoms with Crippen LogP contribution in [0.3, 0.4) is 0 Å². The summed E-state index contributed by atoms with van der Waals surface area (Å²) in [5.74, 6) is 1.84. The molecule has 1 aliphatic heterocycles. The smallest absolute Gasteiger partial charge is 0.191 e. The molecule has 5 heteroatoms. The zero-order chi connectivity index (χ0) is 15.7. The Balaban J connectivity index is 0.00000208. The highest BCUT2D eigenvalue weighted by molar-refractivity contribution is 14.0. The highest BCUT2D eigenvalue weighted by atomic mass is 127. The summed E-state index contributed by atoms with van der Waals surface area (Å²) in [6.07, 6.45) is 2.06. The summed E-state index contributed by atoms with van der Waals surface area (Å²) in [4.78, 5) is 4.41. The number of hydrogen-bond acceptors (Lipinski definition) is 4. The molecular formula is C19H24IN3O. The van der Waals surface area contributed by atoms with Gasteiger partial charge in [0.2, 0.25) is 0 Å². The van der Waals surface area contributed by atoms with E-state index in [0.717, 1.165) is 44.2 Å². The Bertz CT molecular complexity index is 646. The van der Waals surface area contributed by atoms with Gasteiger partial charge in [-0.15, -0.1) is 24.0 Å². The molecule has 3 rings (SSSR count). The molecule has 1 aliphatic rings. The fraction of sp³-hybridized carbons (Fsp3) is 0.316. The van der Waals surface area contributed by atoms with Crippen molar-refractivity contribution in [3.63, 3.8) is 0 Å². The van der Waals surface area contributed by atoms with Gasteiger partial charge in [0.25, 0.3) is 0 Å². The van der Waals surface area contributed by atoms with E-state index in [1.807, 2.05) is 30.3 Å². The summed E-state index contributed by atoms with van der Waals surface area (Å²) < 4.78 is 5.87. The molecule has 0 unspecified atom stereocenters. The molecule has 0 aliphatic carbocycles. The number of nitrogens with one attached hydrogen (secondary N) is 2. The molecule has 128 valence electrons. The summed E-state index contributed by atoms with van der Waals surface area (Å²) in [7, 11) is 0. The van der Waals surface area contributed by atoms with Crippen LogP contribution in [0.25, 0.3) is 0 Å². The van der Waals surface area contributed by atoms with Gasteiger partial charge >= 0.3 is 0 Å². The lowest BCUT2D eigenvalue weighted by Gasteiger charge is -2.16. The average molecular weight is 437 g/mol. The van der Waals surface area contributed by atoms with Crippen LogP contribution in [0.5, 0.6) is 5.75 Å². The lowest BCUT2D eigenvalue weighted by molar-refractivity contribution is 0.306. The maximum atomic E-state index is 5.87. The van der Waals surface area contributed by atoms with Crippen molar-refractivity contribution >= 4 is 29.9 Å². The molecule has 2 N–H and O–H groups in total. The molecule has 1 heterocycles. The Morgan fingerprint density at radius 1 is 1.04 bits per heavy atom. The van der Waals surface area contributed by atoms with Crippen LogP contribution in [0.15, 0.2) is 59.6 Å². The molecule has 24 heavy (non-hydrogen) atoms. The van der Waals surface area contributed by atoms with E-state index in [-0.39, 0.29) is 24.0 Å². The van der Waals surface area contributed by atoms with Gasteiger partial charge in [0.15, 0.2) is 5.96 Å². The number of nitrogens with zero attached hydrogens (tertiary/aromatic N) is 1. The number of benzene rings is 2. The fourth-order valence-electron chi connectivity index (χ4n) is 2.51. The van der Waals surface area contributed by atoms with E-state index in [9.17, 15) is 0 Å². The number of rotatable bonds is 6. The molecule has 0 aromatic heterocycles. The Labute approximate surface area is 160 Å². The van der Waals surface area contributed by atoms with Gasteiger partial charge in [-0.05, 0) is 36.1 Å². The highest BCUT2D eigenvalue weighted by Gasteiger charge is 2.03. The van der Waals surface area contributed by atoms with Gasteiger partial charge < -0.3 is 15.4 Å². The van der Waals surface area contributed by atoms with Gasteiger partial charge in [-0.3, -0.25) is 4.99 Å². The Morgan fingerprint density at radius 2 is 1.88 bits per heavy atom. The van der Waals surface area contributed by atoms with E-state index < -0.39 is 0 Å². The molecular weight excluding hydrogens is 413 g/mol. The van der Waals surface area contributed by atoms with E-state index in [0.29, 0.717) is 6.61 Å².